The van der Waals surface area contributed by atoms with E-state index in [1.807, 2.05) is 18.2 Å². The first-order valence-corrected chi connectivity index (χ1v) is 9.41. The highest BCUT2D eigenvalue weighted by atomic mass is 19.1. The average molecular weight is 382 g/mol. The number of fused-ring (bicyclic) bond motifs is 3. The van der Waals surface area contributed by atoms with Gasteiger partial charge in [0.1, 0.15) is 11.6 Å². The largest absolute Gasteiger partial charge is 0.385 e. The van der Waals surface area contributed by atoms with Crippen molar-refractivity contribution in [3.05, 3.63) is 59.7 Å². The maximum Gasteiger partial charge on any atom is 0.255 e. The Labute approximate surface area is 162 Å². The van der Waals surface area contributed by atoms with Gasteiger partial charge in [0.2, 0.25) is 0 Å². The van der Waals surface area contributed by atoms with Gasteiger partial charge in [-0.2, -0.15) is 0 Å². The van der Waals surface area contributed by atoms with Crippen LogP contribution in [-0.4, -0.2) is 47.2 Å². The molecule has 0 unspecified atom stereocenters. The predicted octanol–water partition coefficient (Wildman–Crippen LogP) is 3.28. The minimum atomic E-state index is -0.363. The molecule has 0 saturated heterocycles. The molecule has 1 aliphatic heterocycles. The quantitative estimate of drug-likeness (QED) is 0.665. The molecule has 1 N–H and O–H groups in total. The van der Waals surface area contributed by atoms with Gasteiger partial charge in [-0.05, 0) is 48.9 Å². The number of carbonyl (C=O) groups is 1. The number of hydrogen-bond acceptors (Lipinski definition) is 4. The highest BCUT2D eigenvalue weighted by Gasteiger charge is 2.20. The molecule has 146 valence electrons. The van der Waals surface area contributed by atoms with Gasteiger partial charge in [-0.1, -0.05) is 0 Å². The number of aromatic nitrogens is 2. The second kappa shape index (κ2) is 8.08. The molecule has 1 aromatic heterocycles. The van der Waals surface area contributed by atoms with Crippen molar-refractivity contribution in [1.82, 2.24) is 14.5 Å². The van der Waals surface area contributed by atoms with Crippen molar-refractivity contribution in [2.45, 2.75) is 19.5 Å². The van der Waals surface area contributed by atoms with Crippen LogP contribution in [0.2, 0.25) is 0 Å². The van der Waals surface area contributed by atoms with E-state index in [1.54, 1.807) is 7.11 Å². The van der Waals surface area contributed by atoms with Crippen LogP contribution in [0.3, 0.4) is 0 Å². The van der Waals surface area contributed by atoms with E-state index in [4.69, 9.17) is 9.72 Å². The summed E-state index contributed by atoms with van der Waals surface area (Å²) in [6, 6.07) is 11.3. The molecule has 0 saturated carbocycles. The Kier molecular flexibility index (Phi) is 5.36. The van der Waals surface area contributed by atoms with E-state index in [1.165, 1.54) is 24.3 Å². The zero-order valence-corrected chi connectivity index (χ0v) is 15.8. The molecule has 7 heteroatoms. The van der Waals surface area contributed by atoms with Crippen LogP contribution in [0.1, 0.15) is 22.6 Å². The number of halogens is 1. The second-order valence-electron chi connectivity index (χ2n) is 6.97. The lowest BCUT2D eigenvalue weighted by Gasteiger charge is -2.27. The van der Waals surface area contributed by atoms with Gasteiger partial charge < -0.3 is 14.6 Å². The summed E-state index contributed by atoms with van der Waals surface area (Å²) in [6.45, 7) is 4.47. The molecule has 0 radical (unpaired) electrons. The Hall–Kier alpha value is -2.77. The molecule has 28 heavy (non-hydrogen) atoms. The number of carbonyl (C=O) groups excluding carboxylic acids is 1. The fourth-order valence-corrected chi connectivity index (χ4v) is 3.58. The Morgan fingerprint density at radius 3 is 2.82 bits per heavy atom. The number of hydrogen-bond donors (Lipinski definition) is 1. The molecule has 0 atom stereocenters. The number of nitrogens with zero attached hydrogens (tertiary/aromatic N) is 3. The number of nitrogens with one attached hydrogen (secondary N) is 1. The number of amides is 1. The molecular weight excluding hydrogens is 359 g/mol. The minimum absolute atomic E-state index is 0.271. The van der Waals surface area contributed by atoms with Gasteiger partial charge in [-0.15, -0.1) is 0 Å². The third-order valence-electron chi connectivity index (χ3n) is 5.02. The molecule has 1 aliphatic rings. The topological polar surface area (TPSA) is 59.4 Å². The molecule has 0 bridgehead atoms. The fourth-order valence-electron chi connectivity index (χ4n) is 3.58. The third kappa shape index (κ3) is 3.90. The Bertz CT molecular complexity index is 984. The van der Waals surface area contributed by atoms with Gasteiger partial charge in [0.05, 0.1) is 17.6 Å². The SMILES string of the molecule is COCCCN1CCn2c(nc3cc(NC(=O)c4ccc(F)cc4)ccc32)C1. The van der Waals surface area contributed by atoms with Crippen molar-refractivity contribution in [2.24, 2.45) is 0 Å². The van der Waals surface area contributed by atoms with Gasteiger partial charge in [-0.3, -0.25) is 9.69 Å². The maximum atomic E-state index is 13.0. The first-order valence-electron chi connectivity index (χ1n) is 9.41. The normalized spacial score (nSPS) is 14.2. The number of ether oxygens (including phenoxy) is 1. The smallest absolute Gasteiger partial charge is 0.255 e. The Morgan fingerprint density at radius 2 is 2.04 bits per heavy atom. The van der Waals surface area contributed by atoms with Gasteiger partial charge in [0.15, 0.2) is 0 Å². The highest BCUT2D eigenvalue weighted by Crippen LogP contribution is 2.24. The second-order valence-corrected chi connectivity index (χ2v) is 6.97. The summed E-state index contributed by atoms with van der Waals surface area (Å²) >= 11 is 0. The molecule has 6 nitrogen and oxygen atoms in total. The van der Waals surface area contributed by atoms with Gasteiger partial charge in [0.25, 0.3) is 5.91 Å². The summed E-state index contributed by atoms with van der Waals surface area (Å²) in [7, 11) is 1.72. The van der Waals surface area contributed by atoms with E-state index >= 15 is 0 Å². The molecule has 1 amide bonds. The minimum Gasteiger partial charge on any atom is -0.385 e. The zero-order valence-electron chi connectivity index (χ0n) is 15.8. The van der Waals surface area contributed by atoms with Crippen molar-refractivity contribution < 1.29 is 13.9 Å². The molecule has 3 aromatic rings. The van der Waals surface area contributed by atoms with E-state index in [2.05, 4.69) is 14.8 Å². The van der Waals surface area contributed by atoms with E-state index in [0.717, 1.165) is 56.1 Å². The van der Waals surface area contributed by atoms with Crippen molar-refractivity contribution >= 4 is 22.6 Å². The molecule has 0 spiro atoms. The van der Waals surface area contributed by atoms with Crippen LogP contribution in [-0.2, 0) is 17.8 Å². The van der Waals surface area contributed by atoms with Crippen molar-refractivity contribution in [1.29, 1.82) is 0 Å². The monoisotopic (exact) mass is 382 g/mol. The van der Waals surface area contributed by atoms with E-state index < -0.39 is 0 Å². The first kappa shape index (κ1) is 18.6. The zero-order chi connectivity index (χ0) is 19.5. The molecule has 2 aromatic carbocycles. The van der Waals surface area contributed by atoms with Gasteiger partial charge >= 0.3 is 0 Å². The first-order chi connectivity index (χ1) is 13.6. The van der Waals surface area contributed by atoms with Crippen LogP contribution < -0.4 is 5.32 Å². The summed E-state index contributed by atoms with van der Waals surface area (Å²) in [4.78, 5) is 19.5. The van der Waals surface area contributed by atoms with Crippen molar-refractivity contribution in [3.63, 3.8) is 0 Å². The maximum absolute atomic E-state index is 13.0. The number of anilines is 1. The summed E-state index contributed by atoms with van der Waals surface area (Å²) in [5, 5.41) is 2.86. The number of imidazole rings is 1. The van der Waals surface area contributed by atoms with Gasteiger partial charge in [0, 0.05) is 44.6 Å². The summed E-state index contributed by atoms with van der Waals surface area (Å²) in [5.41, 5.74) is 3.03. The molecule has 2 heterocycles. The van der Waals surface area contributed by atoms with Crippen LogP contribution in [0.4, 0.5) is 10.1 Å². The lowest BCUT2D eigenvalue weighted by molar-refractivity contribution is 0.102. The molecule has 0 fully saturated rings. The van der Waals surface area contributed by atoms with Crippen LogP contribution in [0.25, 0.3) is 11.0 Å². The third-order valence-corrected chi connectivity index (χ3v) is 5.02. The lowest BCUT2D eigenvalue weighted by atomic mass is 10.2. The number of methoxy groups -OCH3 is 1. The number of rotatable bonds is 6. The van der Waals surface area contributed by atoms with E-state index in [9.17, 15) is 9.18 Å². The van der Waals surface area contributed by atoms with Crippen molar-refractivity contribution in [2.75, 3.05) is 32.1 Å². The Balaban J connectivity index is 1.49. The highest BCUT2D eigenvalue weighted by molar-refractivity contribution is 6.04. The van der Waals surface area contributed by atoms with Crippen LogP contribution in [0.15, 0.2) is 42.5 Å². The van der Waals surface area contributed by atoms with Gasteiger partial charge in [-0.25, -0.2) is 9.37 Å². The van der Waals surface area contributed by atoms with Crippen molar-refractivity contribution in [3.8, 4) is 0 Å². The average Bonchev–Trinajstić information content (AvgIpc) is 3.05. The Morgan fingerprint density at radius 1 is 1.21 bits per heavy atom. The molecular formula is C21H23FN4O2. The lowest BCUT2D eigenvalue weighted by Crippen LogP contribution is -2.34. The summed E-state index contributed by atoms with van der Waals surface area (Å²) < 4.78 is 20.4. The van der Waals surface area contributed by atoms with E-state index in [0.29, 0.717) is 11.3 Å². The molecule has 4 rings (SSSR count). The van der Waals surface area contributed by atoms with Crippen LogP contribution in [0, 0.1) is 5.82 Å². The predicted molar refractivity (Wildman–Crippen MR) is 106 cm³/mol. The van der Waals surface area contributed by atoms with Crippen LogP contribution >= 0.6 is 0 Å². The summed E-state index contributed by atoms with van der Waals surface area (Å²) in [6.07, 6.45) is 1.01. The fraction of sp³-hybridized carbons (Fsp3) is 0.333. The number of benzene rings is 2. The van der Waals surface area contributed by atoms with Crippen LogP contribution in [0.5, 0.6) is 0 Å². The molecule has 0 aliphatic carbocycles. The summed E-state index contributed by atoms with van der Waals surface area (Å²) in [5.74, 6) is 0.408. The van der Waals surface area contributed by atoms with E-state index in [-0.39, 0.29) is 11.7 Å². The standard InChI is InChI=1S/C21H23FN4O2/c1-28-12-2-9-25-10-11-26-19-8-7-17(13-18(19)24-20(26)14-25)23-21(27)15-3-5-16(22)6-4-15/h3-8,13H,2,9-12,14H2,1H3,(H,23,27).